The van der Waals surface area contributed by atoms with Crippen LogP contribution in [0.5, 0.6) is 0 Å². The first-order valence-electron chi connectivity index (χ1n) is 9.13. The monoisotopic (exact) mass is 375 g/mol. The number of para-hydroxylation sites is 1. The lowest BCUT2D eigenvalue weighted by Gasteiger charge is -2.17. The number of anilines is 2. The molecule has 3 aromatic heterocycles. The molecule has 142 valence electrons. The zero-order chi connectivity index (χ0) is 20.0. The fourth-order valence-corrected chi connectivity index (χ4v) is 3.52. The molecule has 0 saturated carbocycles. The molecule has 0 aliphatic heterocycles. The summed E-state index contributed by atoms with van der Waals surface area (Å²) in [6, 6.07) is 9.82. The van der Waals surface area contributed by atoms with Gasteiger partial charge < -0.3 is 5.32 Å². The van der Waals surface area contributed by atoms with E-state index in [0.29, 0.717) is 23.1 Å². The summed E-state index contributed by atoms with van der Waals surface area (Å²) < 4.78 is 2.52. The Morgan fingerprint density at radius 3 is 2.61 bits per heavy atom. The number of nitrogens with zero attached hydrogens (tertiary/aromatic N) is 4. The number of hydrogen-bond donors (Lipinski definition) is 1. The molecule has 0 unspecified atom stereocenters. The predicted molar refractivity (Wildman–Crippen MR) is 111 cm³/mol. The Morgan fingerprint density at radius 1 is 1.11 bits per heavy atom. The number of aryl methyl sites for hydroxylation is 3. The number of fused-ring (bicyclic) bond motifs is 2. The van der Waals surface area contributed by atoms with Gasteiger partial charge in [-0.3, -0.25) is 18.9 Å². The first kappa shape index (κ1) is 17.9. The van der Waals surface area contributed by atoms with Crippen molar-refractivity contribution in [3.05, 3.63) is 68.6 Å². The molecule has 1 aromatic carbocycles. The van der Waals surface area contributed by atoms with Gasteiger partial charge in [0, 0.05) is 37.1 Å². The minimum atomic E-state index is -0.398. The Hall–Kier alpha value is -3.48. The molecule has 0 spiro atoms. The SMILES string of the molecule is CCc1cnc2c(c1Nc1cc(C)nc3ccccc13)c(=O)n(C)c(=O)n2C. The molecule has 1 N–H and O–H groups in total. The average molecular weight is 375 g/mol. The largest absolute Gasteiger partial charge is 0.354 e. The van der Waals surface area contributed by atoms with Crippen molar-refractivity contribution in [1.29, 1.82) is 0 Å². The number of hydrogen-bond acceptors (Lipinski definition) is 5. The average Bonchev–Trinajstić information content (AvgIpc) is 2.70. The summed E-state index contributed by atoms with van der Waals surface area (Å²) in [5.74, 6) is 0. The predicted octanol–water partition coefficient (Wildman–Crippen LogP) is 2.79. The first-order valence-corrected chi connectivity index (χ1v) is 9.13. The van der Waals surface area contributed by atoms with Crippen LogP contribution >= 0.6 is 0 Å². The van der Waals surface area contributed by atoms with Gasteiger partial charge in [-0.05, 0) is 31.0 Å². The maximum absolute atomic E-state index is 13.0. The van der Waals surface area contributed by atoms with Gasteiger partial charge in [0.25, 0.3) is 5.56 Å². The highest BCUT2D eigenvalue weighted by atomic mass is 16.2. The zero-order valence-electron chi connectivity index (χ0n) is 16.3. The molecule has 7 heteroatoms. The molecule has 28 heavy (non-hydrogen) atoms. The van der Waals surface area contributed by atoms with Crippen LogP contribution in [0.4, 0.5) is 11.4 Å². The minimum Gasteiger partial charge on any atom is -0.354 e. The van der Waals surface area contributed by atoms with E-state index in [0.717, 1.165) is 32.4 Å². The topological polar surface area (TPSA) is 81.8 Å². The quantitative estimate of drug-likeness (QED) is 0.595. The van der Waals surface area contributed by atoms with Gasteiger partial charge in [-0.2, -0.15) is 0 Å². The van der Waals surface area contributed by atoms with Gasteiger partial charge in [-0.15, -0.1) is 0 Å². The van der Waals surface area contributed by atoms with Crippen molar-refractivity contribution in [3.8, 4) is 0 Å². The van der Waals surface area contributed by atoms with Crippen molar-refractivity contribution in [2.45, 2.75) is 20.3 Å². The summed E-state index contributed by atoms with van der Waals surface area (Å²) in [5.41, 5.74) is 3.80. The van der Waals surface area contributed by atoms with Gasteiger partial charge in [0.05, 0.1) is 11.2 Å². The number of benzene rings is 1. The molecule has 0 bridgehead atoms. The molecular formula is C21H21N5O2. The lowest BCUT2D eigenvalue weighted by Crippen LogP contribution is -2.37. The molecule has 4 rings (SSSR count). The first-order chi connectivity index (χ1) is 13.4. The molecule has 7 nitrogen and oxygen atoms in total. The van der Waals surface area contributed by atoms with Crippen LogP contribution < -0.4 is 16.6 Å². The van der Waals surface area contributed by atoms with Crippen LogP contribution in [0.25, 0.3) is 21.9 Å². The molecule has 0 atom stereocenters. The van der Waals surface area contributed by atoms with E-state index in [4.69, 9.17) is 0 Å². The fourth-order valence-electron chi connectivity index (χ4n) is 3.52. The molecular weight excluding hydrogens is 354 g/mol. The van der Waals surface area contributed by atoms with Gasteiger partial charge in [0.15, 0.2) is 5.65 Å². The number of rotatable bonds is 3. The molecule has 3 heterocycles. The van der Waals surface area contributed by atoms with Crippen molar-refractivity contribution < 1.29 is 0 Å². The third-order valence-electron chi connectivity index (χ3n) is 5.03. The highest BCUT2D eigenvalue weighted by Gasteiger charge is 2.17. The third-order valence-corrected chi connectivity index (χ3v) is 5.03. The van der Waals surface area contributed by atoms with Gasteiger partial charge in [0.2, 0.25) is 0 Å². The summed E-state index contributed by atoms with van der Waals surface area (Å²) in [6.07, 6.45) is 2.42. The van der Waals surface area contributed by atoms with Crippen LogP contribution in [0.1, 0.15) is 18.2 Å². The smallest absolute Gasteiger partial charge is 0.332 e. The Labute approximate surface area is 161 Å². The van der Waals surface area contributed by atoms with E-state index in [1.165, 1.54) is 11.6 Å². The Kier molecular flexibility index (Phi) is 4.22. The molecule has 0 aliphatic rings. The molecule has 0 amide bonds. The van der Waals surface area contributed by atoms with Crippen molar-refractivity contribution >= 4 is 33.3 Å². The van der Waals surface area contributed by atoms with Crippen molar-refractivity contribution in [3.63, 3.8) is 0 Å². The summed E-state index contributed by atoms with van der Waals surface area (Å²) in [6.45, 7) is 3.95. The molecule has 0 aliphatic carbocycles. The second kappa shape index (κ2) is 6.60. The van der Waals surface area contributed by atoms with Crippen molar-refractivity contribution in [2.24, 2.45) is 14.1 Å². The molecule has 0 radical (unpaired) electrons. The van der Waals surface area contributed by atoms with E-state index in [1.54, 1.807) is 13.2 Å². The van der Waals surface area contributed by atoms with Crippen LogP contribution in [0, 0.1) is 6.92 Å². The van der Waals surface area contributed by atoms with Crippen molar-refractivity contribution in [1.82, 2.24) is 19.1 Å². The fraction of sp³-hybridized carbons (Fsp3) is 0.238. The van der Waals surface area contributed by atoms with Crippen LogP contribution in [0.2, 0.25) is 0 Å². The van der Waals surface area contributed by atoms with E-state index in [-0.39, 0.29) is 5.56 Å². The van der Waals surface area contributed by atoms with E-state index in [9.17, 15) is 9.59 Å². The van der Waals surface area contributed by atoms with Gasteiger partial charge in [0.1, 0.15) is 5.39 Å². The van der Waals surface area contributed by atoms with E-state index in [2.05, 4.69) is 15.3 Å². The zero-order valence-corrected chi connectivity index (χ0v) is 16.3. The maximum Gasteiger partial charge on any atom is 0.332 e. The lowest BCUT2D eigenvalue weighted by atomic mass is 10.1. The second-order valence-corrected chi connectivity index (χ2v) is 6.87. The molecule has 0 saturated heterocycles. The van der Waals surface area contributed by atoms with E-state index >= 15 is 0 Å². The molecule has 4 aromatic rings. The Morgan fingerprint density at radius 2 is 1.86 bits per heavy atom. The standard InChI is InChI=1S/C21H21N5O2/c1-5-13-11-22-19-17(20(27)26(4)21(28)25(19)3)18(13)24-16-10-12(2)23-15-9-7-6-8-14(15)16/h6-11H,5H2,1-4H3,(H,22,23,24). The molecule has 0 fully saturated rings. The van der Waals surface area contributed by atoms with Crippen LogP contribution in [-0.2, 0) is 20.5 Å². The van der Waals surface area contributed by atoms with Gasteiger partial charge >= 0.3 is 5.69 Å². The minimum absolute atomic E-state index is 0.363. The van der Waals surface area contributed by atoms with Crippen LogP contribution in [0.3, 0.4) is 0 Å². The third kappa shape index (κ3) is 2.67. The number of nitrogens with one attached hydrogen (secondary N) is 1. The van der Waals surface area contributed by atoms with Gasteiger partial charge in [-0.1, -0.05) is 25.1 Å². The van der Waals surface area contributed by atoms with Gasteiger partial charge in [-0.25, -0.2) is 9.78 Å². The normalized spacial score (nSPS) is 11.3. The lowest BCUT2D eigenvalue weighted by molar-refractivity contribution is 0.707. The summed E-state index contributed by atoms with van der Waals surface area (Å²) in [4.78, 5) is 34.2. The Balaban J connectivity index is 2.07. The van der Waals surface area contributed by atoms with Crippen LogP contribution in [-0.4, -0.2) is 19.1 Å². The Bertz CT molecular complexity index is 1350. The van der Waals surface area contributed by atoms with Crippen LogP contribution in [0.15, 0.2) is 46.1 Å². The second-order valence-electron chi connectivity index (χ2n) is 6.87. The van der Waals surface area contributed by atoms with E-state index < -0.39 is 5.69 Å². The summed E-state index contributed by atoms with van der Waals surface area (Å²) in [5, 5.41) is 4.82. The summed E-state index contributed by atoms with van der Waals surface area (Å²) >= 11 is 0. The highest BCUT2D eigenvalue weighted by Crippen LogP contribution is 2.31. The highest BCUT2D eigenvalue weighted by molar-refractivity contribution is 5.98. The maximum atomic E-state index is 13.0. The van der Waals surface area contributed by atoms with Crippen molar-refractivity contribution in [2.75, 3.05) is 5.32 Å². The number of aromatic nitrogens is 4. The number of pyridine rings is 2. The summed E-state index contributed by atoms with van der Waals surface area (Å²) in [7, 11) is 3.11. The van der Waals surface area contributed by atoms with E-state index in [1.807, 2.05) is 44.2 Å².